The number of hydrogen-bond donors (Lipinski definition) is 2. The van der Waals surface area contributed by atoms with E-state index in [4.69, 9.17) is 9.88 Å². The third kappa shape index (κ3) is 5.07. The van der Waals surface area contributed by atoms with Gasteiger partial charge in [-0.2, -0.15) is 0 Å². The number of benzene rings is 1. The van der Waals surface area contributed by atoms with E-state index >= 15 is 0 Å². The number of halogens is 1. The molecule has 0 atom stereocenters. The van der Waals surface area contributed by atoms with Crippen LogP contribution in [0.25, 0.3) is 0 Å². The van der Waals surface area contributed by atoms with E-state index in [1.165, 1.54) is 0 Å². The number of ether oxygens (including phenoxy) is 1. The second-order valence-corrected chi connectivity index (χ2v) is 6.37. The SMILES string of the molecule is Cc1cc(F)c(S(N)(=O)=O)c(NCCCOC(C)C)c1. The molecule has 0 unspecified atom stereocenters. The highest BCUT2D eigenvalue weighted by Gasteiger charge is 2.20. The zero-order valence-corrected chi connectivity index (χ0v) is 12.8. The number of hydrogen-bond acceptors (Lipinski definition) is 4. The topological polar surface area (TPSA) is 81.4 Å². The molecule has 1 aromatic carbocycles. The Hall–Kier alpha value is -1.18. The molecule has 0 amide bonds. The first-order valence-electron chi connectivity index (χ1n) is 6.40. The van der Waals surface area contributed by atoms with Crippen molar-refractivity contribution >= 4 is 15.7 Å². The van der Waals surface area contributed by atoms with Crippen LogP contribution in [0.5, 0.6) is 0 Å². The van der Waals surface area contributed by atoms with Crippen LogP contribution in [0.3, 0.4) is 0 Å². The lowest BCUT2D eigenvalue weighted by atomic mass is 10.2. The lowest BCUT2D eigenvalue weighted by Gasteiger charge is -2.13. The molecule has 1 aromatic rings. The molecule has 7 heteroatoms. The molecular formula is C13H21FN2O3S. The van der Waals surface area contributed by atoms with Crippen LogP contribution in [-0.2, 0) is 14.8 Å². The van der Waals surface area contributed by atoms with Crippen molar-refractivity contribution in [3.8, 4) is 0 Å². The van der Waals surface area contributed by atoms with Crippen molar-refractivity contribution < 1.29 is 17.5 Å². The van der Waals surface area contributed by atoms with E-state index in [0.717, 1.165) is 6.07 Å². The van der Waals surface area contributed by atoms with Gasteiger partial charge in [0.1, 0.15) is 10.7 Å². The highest BCUT2D eigenvalue weighted by atomic mass is 32.2. The molecule has 0 saturated carbocycles. The Kier molecular flexibility index (Phi) is 5.91. The molecule has 0 aliphatic rings. The van der Waals surface area contributed by atoms with Gasteiger partial charge in [-0.25, -0.2) is 17.9 Å². The van der Waals surface area contributed by atoms with Crippen molar-refractivity contribution in [2.75, 3.05) is 18.5 Å². The first kappa shape index (κ1) is 16.9. The smallest absolute Gasteiger partial charge is 0.243 e. The van der Waals surface area contributed by atoms with E-state index < -0.39 is 20.7 Å². The van der Waals surface area contributed by atoms with Crippen LogP contribution in [0.4, 0.5) is 10.1 Å². The van der Waals surface area contributed by atoms with Crippen molar-refractivity contribution in [3.63, 3.8) is 0 Å². The maximum absolute atomic E-state index is 13.8. The Balaban J connectivity index is 2.79. The maximum atomic E-state index is 13.8. The summed E-state index contributed by atoms with van der Waals surface area (Å²) in [5, 5.41) is 7.94. The molecule has 114 valence electrons. The molecule has 0 bridgehead atoms. The molecule has 0 aromatic heterocycles. The Bertz CT molecular complexity index is 559. The van der Waals surface area contributed by atoms with Gasteiger partial charge in [0.15, 0.2) is 0 Å². The van der Waals surface area contributed by atoms with E-state index in [9.17, 15) is 12.8 Å². The summed E-state index contributed by atoms with van der Waals surface area (Å²) < 4.78 is 42.0. The van der Waals surface area contributed by atoms with Gasteiger partial charge in [-0.05, 0) is 44.9 Å². The summed E-state index contributed by atoms with van der Waals surface area (Å²) in [7, 11) is -4.11. The van der Waals surface area contributed by atoms with Gasteiger partial charge in [0.05, 0.1) is 11.8 Å². The fraction of sp³-hybridized carbons (Fsp3) is 0.538. The largest absolute Gasteiger partial charge is 0.384 e. The minimum atomic E-state index is -4.11. The fourth-order valence-electron chi connectivity index (χ4n) is 1.76. The third-order valence-electron chi connectivity index (χ3n) is 2.56. The third-order valence-corrected chi connectivity index (χ3v) is 3.54. The number of sulfonamides is 1. The first-order chi connectivity index (χ1) is 9.21. The molecule has 20 heavy (non-hydrogen) atoms. The van der Waals surface area contributed by atoms with E-state index in [0.29, 0.717) is 25.1 Å². The van der Waals surface area contributed by atoms with Crippen molar-refractivity contribution in [3.05, 3.63) is 23.5 Å². The fourth-order valence-corrected chi connectivity index (χ4v) is 2.53. The highest BCUT2D eigenvalue weighted by Crippen LogP contribution is 2.25. The van der Waals surface area contributed by atoms with E-state index in [-0.39, 0.29) is 11.8 Å². The van der Waals surface area contributed by atoms with E-state index in [2.05, 4.69) is 5.32 Å². The van der Waals surface area contributed by atoms with Crippen LogP contribution < -0.4 is 10.5 Å². The summed E-state index contributed by atoms with van der Waals surface area (Å²) in [6.07, 6.45) is 0.823. The Labute approximate surface area is 119 Å². The number of rotatable bonds is 7. The molecule has 0 aliphatic heterocycles. The van der Waals surface area contributed by atoms with Crippen LogP contribution in [0, 0.1) is 12.7 Å². The van der Waals surface area contributed by atoms with Gasteiger partial charge in [-0.15, -0.1) is 0 Å². The Morgan fingerprint density at radius 3 is 2.60 bits per heavy atom. The van der Waals surface area contributed by atoms with Gasteiger partial charge in [-0.3, -0.25) is 0 Å². The van der Waals surface area contributed by atoms with Gasteiger partial charge in [-0.1, -0.05) is 0 Å². The van der Waals surface area contributed by atoms with Crippen molar-refractivity contribution in [1.82, 2.24) is 0 Å². The average Bonchev–Trinajstić information content (AvgIpc) is 2.24. The molecule has 0 radical (unpaired) electrons. The second-order valence-electron chi connectivity index (χ2n) is 4.87. The monoisotopic (exact) mass is 304 g/mol. The van der Waals surface area contributed by atoms with Crippen LogP contribution in [0.2, 0.25) is 0 Å². The summed E-state index contributed by atoms with van der Waals surface area (Å²) in [6.45, 7) is 6.57. The normalized spacial score (nSPS) is 11.9. The molecule has 1 rings (SSSR count). The van der Waals surface area contributed by atoms with Gasteiger partial charge in [0, 0.05) is 13.2 Å². The van der Waals surface area contributed by atoms with E-state index in [1.807, 2.05) is 13.8 Å². The van der Waals surface area contributed by atoms with Crippen LogP contribution in [-0.4, -0.2) is 27.7 Å². The minimum absolute atomic E-state index is 0.145. The highest BCUT2D eigenvalue weighted by molar-refractivity contribution is 7.89. The van der Waals surface area contributed by atoms with Crippen molar-refractivity contribution in [1.29, 1.82) is 0 Å². The summed E-state index contributed by atoms with van der Waals surface area (Å²) in [4.78, 5) is -0.493. The molecule has 5 nitrogen and oxygen atoms in total. The summed E-state index contributed by atoms with van der Waals surface area (Å²) >= 11 is 0. The molecule has 0 saturated heterocycles. The van der Waals surface area contributed by atoms with Gasteiger partial charge in [0.25, 0.3) is 0 Å². The zero-order valence-electron chi connectivity index (χ0n) is 11.9. The average molecular weight is 304 g/mol. The minimum Gasteiger partial charge on any atom is -0.384 e. The van der Waals surface area contributed by atoms with Gasteiger partial charge in [0.2, 0.25) is 10.0 Å². The second kappa shape index (κ2) is 7.01. The summed E-state index contributed by atoms with van der Waals surface area (Å²) in [5.74, 6) is -0.839. The Morgan fingerprint density at radius 1 is 1.40 bits per heavy atom. The number of anilines is 1. The number of aryl methyl sites for hydroxylation is 1. The molecule has 0 fully saturated rings. The van der Waals surface area contributed by atoms with Crippen LogP contribution in [0.15, 0.2) is 17.0 Å². The first-order valence-corrected chi connectivity index (χ1v) is 7.95. The Morgan fingerprint density at radius 2 is 2.05 bits per heavy atom. The van der Waals surface area contributed by atoms with Crippen LogP contribution >= 0.6 is 0 Å². The molecule has 0 spiro atoms. The summed E-state index contributed by atoms with van der Waals surface area (Å²) in [5.41, 5.74) is 0.811. The molecule has 0 heterocycles. The molecule has 0 aliphatic carbocycles. The predicted octanol–water partition coefficient (Wildman–Crippen LogP) is 2.01. The number of primary sulfonamides is 1. The van der Waals surface area contributed by atoms with Gasteiger partial charge >= 0.3 is 0 Å². The molecular weight excluding hydrogens is 283 g/mol. The standard InChI is InChI=1S/C13H21FN2O3S/c1-9(2)19-6-4-5-16-12-8-10(3)7-11(14)13(12)20(15,17)18/h7-9,16H,4-6H2,1-3H3,(H2,15,17,18). The number of nitrogens with two attached hydrogens (primary N) is 1. The van der Waals surface area contributed by atoms with Crippen molar-refractivity contribution in [2.24, 2.45) is 5.14 Å². The lowest BCUT2D eigenvalue weighted by Crippen LogP contribution is -2.18. The number of nitrogens with one attached hydrogen (secondary N) is 1. The molecule has 3 N–H and O–H groups in total. The summed E-state index contributed by atoms with van der Waals surface area (Å²) in [6, 6.07) is 2.71. The lowest BCUT2D eigenvalue weighted by molar-refractivity contribution is 0.0787. The van der Waals surface area contributed by atoms with E-state index in [1.54, 1.807) is 13.0 Å². The van der Waals surface area contributed by atoms with Crippen molar-refractivity contribution in [2.45, 2.75) is 38.2 Å². The maximum Gasteiger partial charge on any atom is 0.243 e. The van der Waals surface area contributed by atoms with Crippen LogP contribution in [0.1, 0.15) is 25.8 Å². The zero-order chi connectivity index (χ0) is 15.3. The quantitative estimate of drug-likeness (QED) is 0.755. The van der Waals surface area contributed by atoms with Gasteiger partial charge < -0.3 is 10.1 Å². The predicted molar refractivity (Wildman–Crippen MR) is 76.7 cm³/mol.